The second kappa shape index (κ2) is 3.91. The predicted molar refractivity (Wildman–Crippen MR) is 71.3 cm³/mol. The van der Waals surface area contributed by atoms with Crippen molar-refractivity contribution in [3.63, 3.8) is 0 Å². The van der Waals surface area contributed by atoms with Crippen LogP contribution in [0, 0.1) is 11.3 Å². The minimum absolute atomic E-state index is 0.569. The van der Waals surface area contributed by atoms with Gasteiger partial charge in [0.15, 0.2) is 0 Å². The fraction of sp³-hybridized carbons (Fsp3) is 0.625. The first kappa shape index (κ1) is 11.7. The summed E-state index contributed by atoms with van der Waals surface area (Å²) < 4.78 is 0. The summed E-state index contributed by atoms with van der Waals surface area (Å²) in [6.07, 6.45) is 6.79. The van der Waals surface area contributed by atoms with Crippen LogP contribution in [0.25, 0.3) is 0 Å². The molecule has 2 rings (SSSR count). The molecule has 0 aromatic rings. The summed E-state index contributed by atoms with van der Waals surface area (Å²) in [5.41, 5.74) is 6.30. The fourth-order valence-electron chi connectivity index (χ4n) is 3.12. The van der Waals surface area contributed by atoms with E-state index in [0.717, 1.165) is 0 Å². The molecule has 0 bridgehead atoms. The molecule has 0 heteroatoms. The van der Waals surface area contributed by atoms with Crippen molar-refractivity contribution in [2.45, 2.75) is 52.9 Å². The van der Waals surface area contributed by atoms with E-state index in [-0.39, 0.29) is 0 Å². The van der Waals surface area contributed by atoms with E-state index >= 15 is 0 Å². The van der Waals surface area contributed by atoms with E-state index in [1.54, 1.807) is 5.57 Å². The zero-order chi connectivity index (χ0) is 11.9. The fourth-order valence-corrected chi connectivity index (χ4v) is 3.12. The molecule has 0 unspecified atom stereocenters. The highest BCUT2D eigenvalue weighted by Crippen LogP contribution is 2.57. The Balaban J connectivity index is 2.27. The smallest absolute Gasteiger partial charge is 0.0213 e. The molecule has 0 N–H and O–H groups in total. The molecule has 0 heterocycles. The lowest BCUT2D eigenvalue weighted by Crippen LogP contribution is -2.26. The molecular weight excluding hydrogens is 192 g/mol. The van der Waals surface area contributed by atoms with Crippen LogP contribution in [0.1, 0.15) is 52.9 Å². The average Bonchev–Trinajstić information content (AvgIpc) is 2.56. The Morgan fingerprint density at radius 3 is 2.06 bits per heavy atom. The van der Waals surface area contributed by atoms with E-state index in [9.17, 15) is 0 Å². The third-order valence-corrected chi connectivity index (χ3v) is 4.48. The van der Waals surface area contributed by atoms with Crippen molar-refractivity contribution in [2.24, 2.45) is 11.3 Å². The Labute approximate surface area is 100 Å². The monoisotopic (exact) mass is 216 g/mol. The molecule has 16 heavy (non-hydrogen) atoms. The van der Waals surface area contributed by atoms with Crippen molar-refractivity contribution < 1.29 is 0 Å². The lowest BCUT2D eigenvalue weighted by molar-refractivity contribution is 0.148. The van der Waals surface area contributed by atoms with Crippen LogP contribution in [0.4, 0.5) is 0 Å². The Morgan fingerprint density at radius 2 is 1.69 bits per heavy atom. The van der Waals surface area contributed by atoms with Gasteiger partial charge in [-0.3, -0.25) is 0 Å². The van der Waals surface area contributed by atoms with Gasteiger partial charge in [0.1, 0.15) is 0 Å². The highest BCUT2D eigenvalue weighted by molar-refractivity contribution is 5.48. The molecule has 1 spiro atoms. The van der Waals surface area contributed by atoms with E-state index in [2.05, 4.69) is 33.9 Å². The molecule has 0 aliphatic heterocycles. The number of hydrogen-bond donors (Lipinski definition) is 0. The minimum Gasteiger partial charge on any atom is -0.0958 e. The van der Waals surface area contributed by atoms with Gasteiger partial charge in [0.25, 0.3) is 0 Å². The van der Waals surface area contributed by atoms with Crippen LogP contribution in [0.15, 0.2) is 35.5 Å². The van der Waals surface area contributed by atoms with Gasteiger partial charge in [-0.2, -0.15) is 0 Å². The van der Waals surface area contributed by atoms with Crippen LogP contribution >= 0.6 is 0 Å². The molecule has 2 aliphatic carbocycles. The van der Waals surface area contributed by atoms with Gasteiger partial charge in [-0.25, -0.2) is 0 Å². The SMILES string of the molecule is C=C(C)C1=C(C(=C)C(C)C)CC2(CCC2)C1. The minimum atomic E-state index is 0.569. The van der Waals surface area contributed by atoms with Crippen LogP contribution in [-0.4, -0.2) is 0 Å². The summed E-state index contributed by atoms with van der Waals surface area (Å²) in [5, 5.41) is 0. The van der Waals surface area contributed by atoms with E-state index < -0.39 is 0 Å². The van der Waals surface area contributed by atoms with Crippen molar-refractivity contribution in [1.29, 1.82) is 0 Å². The molecular formula is C16H24. The molecule has 0 atom stereocenters. The van der Waals surface area contributed by atoms with Gasteiger partial charge in [0, 0.05) is 0 Å². The molecule has 0 radical (unpaired) electrons. The van der Waals surface area contributed by atoms with E-state index in [1.165, 1.54) is 48.8 Å². The Bertz CT molecular complexity index is 361. The van der Waals surface area contributed by atoms with Crippen molar-refractivity contribution in [2.75, 3.05) is 0 Å². The summed E-state index contributed by atoms with van der Waals surface area (Å²) in [5.74, 6) is 0.569. The van der Waals surface area contributed by atoms with Gasteiger partial charge in [-0.05, 0) is 60.7 Å². The zero-order valence-electron chi connectivity index (χ0n) is 11.0. The summed E-state index contributed by atoms with van der Waals surface area (Å²) in [6.45, 7) is 15.1. The molecule has 88 valence electrons. The van der Waals surface area contributed by atoms with Gasteiger partial charge in [-0.1, -0.05) is 39.0 Å². The Kier molecular flexibility index (Phi) is 2.86. The third kappa shape index (κ3) is 1.79. The van der Waals surface area contributed by atoms with Crippen LogP contribution in [-0.2, 0) is 0 Å². The molecule has 1 fully saturated rings. The normalized spacial score (nSPS) is 22.8. The summed E-state index contributed by atoms with van der Waals surface area (Å²) in [4.78, 5) is 0. The Hall–Kier alpha value is -0.780. The van der Waals surface area contributed by atoms with Crippen molar-refractivity contribution in [3.05, 3.63) is 35.5 Å². The molecule has 0 aromatic heterocycles. The highest BCUT2D eigenvalue weighted by Gasteiger charge is 2.43. The summed E-state index contributed by atoms with van der Waals surface area (Å²) >= 11 is 0. The second-order valence-electron chi connectivity index (χ2n) is 6.12. The second-order valence-corrected chi connectivity index (χ2v) is 6.12. The van der Waals surface area contributed by atoms with E-state index in [1.807, 2.05) is 0 Å². The van der Waals surface area contributed by atoms with E-state index in [0.29, 0.717) is 11.3 Å². The molecule has 0 nitrogen and oxygen atoms in total. The highest BCUT2D eigenvalue weighted by atomic mass is 14.5. The topological polar surface area (TPSA) is 0 Å². The van der Waals surface area contributed by atoms with Crippen LogP contribution < -0.4 is 0 Å². The first-order valence-electron chi connectivity index (χ1n) is 6.52. The summed E-state index contributed by atoms with van der Waals surface area (Å²) in [7, 11) is 0. The maximum absolute atomic E-state index is 4.29. The zero-order valence-corrected chi connectivity index (χ0v) is 11.0. The van der Waals surface area contributed by atoms with Gasteiger partial charge >= 0.3 is 0 Å². The van der Waals surface area contributed by atoms with Crippen LogP contribution in [0.2, 0.25) is 0 Å². The van der Waals surface area contributed by atoms with Gasteiger partial charge in [0.2, 0.25) is 0 Å². The van der Waals surface area contributed by atoms with Crippen LogP contribution in [0.3, 0.4) is 0 Å². The number of rotatable bonds is 3. The first-order valence-corrected chi connectivity index (χ1v) is 6.52. The average molecular weight is 216 g/mol. The largest absolute Gasteiger partial charge is 0.0958 e. The maximum atomic E-state index is 4.29. The van der Waals surface area contributed by atoms with Crippen LogP contribution in [0.5, 0.6) is 0 Å². The summed E-state index contributed by atoms with van der Waals surface area (Å²) in [6, 6.07) is 0. The van der Waals surface area contributed by atoms with Gasteiger partial charge in [0.05, 0.1) is 0 Å². The lowest BCUT2D eigenvalue weighted by Gasteiger charge is -2.39. The number of allylic oxidation sites excluding steroid dienone is 4. The first-order chi connectivity index (χ1) is 7.45. The van der Waals surface area contributed by atoms with Gasteiger partial charge in [-0.15, -0.1) is 0 Å². The van der Waals surface area contributed by atoms with Crippen molar-refractivity contribution in [1.82, 2.24) is 0 Å². The quantitative estimate of drug-likeness (QED) is 0.620. The molecule has 1 saturated carbocycles. The standard InChI is InChI=1S/C16H24/c1-11(2)13(5)15-10-16(7-6-8-16)9-14(15)12(3)4/h11H,3,5-10H2,1-2,4H3. The Morgan fingerprint density at radius 1 is 1.12 bits per heavy atom. The van der Waals surface area contributed by atoms with Crippen molar-refractivity contribution in [3.8, 4) is 0 Å². The van der Waals surface area contributed by atoms with Crippen molar-refractivity contribution >= 4 is 0 Å². The molecule has 0 amide bonds. The maximum Gasteiger partial charge on any atom is -0.0213 e. The number of hydrogen-bond acceptors (Lipinski definition) is 0. The predicted octanol–water partition coefficient (Wildman–Crippen LogP) is 5.04. The molecule has 0 saturated heterocycles. The molecule has 2 aliphatic rings. The van der Waals surface area contributed by atoms with Gasteiger partial charge < -0.3 is 0 Å². The lowest BCUT2D eigenvalue weighted by atomic mass is 9.66. The molecule has 0 aromatic carbocycles. The third-order valence-electron chi connectivity index (χ3n) is 4.48. The van der Waals surface area contributed by atoms with E-state index in [4.69, 9.17) is 0 Å².